The van der Waals surface area contributed by atoms with E-state index in [1.165, 1.54) is 18.2 Å². The normalized spacial score (nSPS) is 18.4. The summed E-state index contributed by atoms with van der Waals surface area (Å²) >= 11 is 0. The summed E-state index contributed by atoms with van der Waals surface area (Å²) in [6, 6.07) is -0.968. The number of rotatable bonds is 7. The molecule has 1 unspecified atom stereocenters. The van der Waals surface area contributed by atoms with E-state index in [4.69, 9.17) is 4.74 Å². The molecule has 0 radical (unpaired) electrons. The molecule has 0 aromatic carbocycles. The number of hydrogen-bond donors (Lipinski definition) is 3. The van der Waals surface area contributed by atoms with Crippen molar-refractivity contribution in [3.8, 4) is 0 Å². The van der Waals surface area contributed by atoms with E-state index in [1.54, 1.807) is 19.9 Å². The molecular weight excluding hydrogens is 262 g/mol. The molecule has 20 heavy (non-hydrogen) atoms. The highest BCUT2D eigenvalue weighted by molar-refractivity contribution is 5.93. The first-order valence-electron chi connectivity index (χ1n) is 6.32. The first-order chi connectivity index (χ1) is 9.43. The summed E-state index contributed by atoms with van der Waals surface area (Å²) in [5, 5.41) is 21.5. The predicted molar refractivity (Wildman–Crippen MR) is 72.8 cm³/mol. The Morgan fingerprint density at radius 1 is 1.55 bits per heavy atom. The number of carboxylic acid groups (broad SMARTS) is 1. The first kappa shape index (κ1) is 16.1. The molecule has 0 saturated carbocycles. The Hall–Kier alpha value is -1.92. The van der Waals surface area contributed by atoms with Crippen LogP contribution in [0, 0.1) is 0 Å². The average molecular weight is 281 g/mol. The Bertz CT molecular complexity index is 464. The van der Waals surface area contributed by atoms with Gasteiger partial charge in [-0.05, 0) is 31.6 Å². The number of ketones is 1. The molecule has 0 spiro atoms. The van der Waals surface area contributed by atoms with Crippen molar-refractivity contribution in [1.82, 2.24) is 5.32 Å². The second kappa shape index (κ2) is 7.62. The summed E-state index contributed by atoms with van der Waals surface area (Å²) in [4.78, 5) is 22.4. The molecule has 1 rings (SSSR count). The monoisotopic (exact) mass is 281 g/mol. The third-order valence-corrected chi connectivity index (χ3v) is 2.68. The average Bonchev–Trinajstić information content (AvgIpc) is 2.37. The van der Waals surface area contributed by atoms with E-state index in [9.17, 15) is 19.8 Å². The van der Waals surface area contributed by atoms with E-state index in [-0.39, 0.29) is 12.2 Å². The highest BCUT2D eigenvalue weighted by Crippen LogP contribution is 2.13. The van der Waals surface area contributed by atoms with E-state index >= 15 is 0 Å². The zero-order valence-electron chi connectivity index (χ0n) is 11.5. The van der Waals surface area contributed by atoms with Gasteiger partial charge in [0.2, 0.25) is 0 Å². The zero-order valence-corrected chi connectivity index (χ0v) is 11.5. The Balaban J connectivity index is 2.76. The van der Waals surface area contributed by atoms with E-state index < -0.39 is 18.3 Å². The van der Waals surface area contributed by atoms with Gasteiger partial charge in [-0.15, -0.1) is 0 Å². The van der Waals surface area contributed by atoms with Crippen LogP contribution in [0.3, 0.4) is 0 Å². The summed E-state index contributed by atoms with van der Waals surface area (Å²) < 4.78 is 4.93. The number of ether oxygens (including phenoxy) is 1. The van der Waals surface area contributed by atoms with Crippen molar-refractivity contribution in [2.24, 2.45) is 0 Å². The second-order valence-electron chi connectivity index (χ2n) is 4.32. The second-order valence-corrected chi connectivity index (χ2v) is 4.32. The summed E-state index contributed by atoms with van der Waals surface area (Å²) in [7, 11) is 0. The fraction of sp³-hybridized carbons (Fsp3) is 0.429. The minimum absolute atomic E-state index is 0.0584. The van der Waals surface area contributed by atoms with Gasteiger partial charge in [0.05, 0.1) is 0 Å². The van der Waals surface area contributed by atoms with Gasteiger partial charge in [0.25, 0.3) is 0 Å². The van der Waals surface area contributed by atoms with Crippen molar-refractivity contribution in [2.45, 2.75) is 32.6 Å². The van der Waals surface area contributed by atoms with Gasteiger partial charge < -0.3 is 20.3 Å². The molecule has 0 amide bonds. The van der Waals surface area contributed by atoms with Crippen LogP contribution in [0.4, 0.5) is 0 Å². The largest absolute Gasteiger partial charge is 0.479 e. The standard InChI is InChI=1S/C14H19NO5/c1-3-20-12(17)8-9(2)15-13(14(18)19)10-4-6-11(16)7-5-10/h4-6,8,12-13,15,17H,3,7H2,1-2H3,(H,18,19)/t12?,13-/m1/s1. The Morgan fingerprint density at radius 2 is 2.25 bits per heavy atom. The van der Waals surface area contributed by atoms with E-state index in [2.05, 4.69) is 5.32 Å². The van der Waals surface area contributed by atoms with Crippen LogP contribution in [-0.2, 0) is 14.3 Å². The van der Waals surface area contributed by atoms with E-state index in [1.807, 2.05) is 0 Å². The van der Waals surface area contributed by atoms with E-state index in [0.29, 0.717) is 17.9 Å². The molecular formula is C14H19NO5. The lowest BCUT2D eigenvalue weighted by molar-refractivity contribution is -0.138. The smallest absolute Gasteiger partial charge is 0.330 e. The molecule has 2 atom stereocenters. The number of aliphatic carboxylic acids is 1. The van der Waals surface area contributed by atoms with Gasteiger partial charge in [-0.1, -0.05) is 12.2 Å². The minimum atomic E-state index is -1.08. The van der Waals surface area contributed by atoms with Crippen molar-refractivity contribution < 1.29 is 24.5 Å². The molecule has 3 N–H and O–H groups in total. The van der Waals surface area contributed by atoms with Crippen LogP contribution in [0.1, 0.15) is 20.3 Å². The maximum absolute atomic E-state index is 11.3. The molecule has 0 saturated heterocycles. The molecule has 0 bridgehead atoms. The van der Waals surface area contributed by atoms with Gasteiger partial charge in [0.15, 0.2) is 12.1 Å². The number of aliphatic hydroxyl groups excluding tert-OH is 1. The van der Waals surface area contributed by atoms with Crippen molar-refractivity contribution in [2.75, 3.05) is 6.61 Å². The van der Waals surface area contributed by atoms with Crippen molar-refractivity contribution in [1.29, 1.82) is 0 Å². The third-order valence-electron chi connectivity index (χ3n) is 2.68. The van der Waals surface area contributed by atoms with Crippen LogP contribution in [0.2, 0.25) is 0 Å². The van der Waals surface area contributed by atoms with Crippen LogP contribution in [0.5, 0.6) is 0 Å². The fourth-order valence-electron chi connectivity index (χ4n) is 1.75. The number of aliphatic hydroxyl groups is 1. The molecule has 0 heterocycles. The number of carboxylic acids is 1. The molecule has 110 valence electrons. The van der Waals surface area contributed by atoms with Gasteiger partial charge in [-0.2, -0.15) is 0 Å². The Kier molecular flexibility index (Phi) is 6.14. The van der Waals surface area contributed by atoms with Crippen molar-refractivity contribution in [3.05, 3.63) is 35.6 Å². The highest BCUT2D eigenvalue weighted by Gasteiger charge is 2.22. The summed E-state index contributed by atoms with van der Waals surface area (Å²) in [6.45, 7) is 3.73. The van der Waals surface area contributed by atoms with Gasteiger partial charge in [0.1, 0.15) is 6.04 Å². The topological polar surface area (TPSA) is 95.9 Å². The van der Waals surface area contributed by atoms with Crippen LogP contribution >= 0.6 is 0 Å². The molecule has 0 aliphatic heterocycles. The van der Waals surface area contributed by atoms with Crippen LogP contribution < -0.4 is 5.32 Å². The number of hydrogen-bond acceptors (Lipinski definition) is 5. The van der Waals surface area contributed by atoms with Crippen LogP contribution in [0.15, 0.2) is 35.6 Å². The van der Waals surface area contributed by atoms with E-state index in [0.717, 1.165) is 0 Å². The highest BCUT2D eigenvalue weighted by atomic mass is 16.6. The van der Waals surface area contributed by atoms with Crippen molar-refractivity contribution >= 4 is 11.8 Å². The number of carbonyl (C=O) groups is 2. The molecule has 1 aliphatic carbocycles. The van der Waals surface area contributed by atoms with Gasteiger partial charge >= 0.3 is 5.97 Å². The number of carbonyl (C=O) groups excluding carboxylic acids is 1. The van der Waals surface area contributed by atoms with Gasteiger partial charge in [0, 0.05) is 18.7 Å². The first-order valence-corrected chi connectivity index (χ1v) is 6.32. The lowest BCUT2D eigenvalue weighted by Crippen LogP contribution is -2.37. The quantitative estimate of drug-likeness (QED) is 0.596. The van der Waals surface area contributed by atoms with Crippen molar-refractivity contribution in [3.63, 3.8) is 0 Å². The maximum Gasteiger partial charge on any atom is 0.330 e. The lowest BCUT2D eigenvalue weighted by atomic mass is 9.99. The Morgan fingerprint density at radius 3 is 2.75 bits per heavy atom. The molecule has 6 heteroatoms. The SMILES string of the molecule is CCOC(O)C=C(C)N[C@@H](C(=O)O)C1=CCC(=O)C=C1. The zero-order chi connectivity index (χ0) is 15.1. The molecule has 0 aromatic heterocycles. The molecule has 0 aromatic rings. The molecule has 6 nitrogen and oxygen atoms in total. The van der Waals surface area contributed by atoms with Gasteiger partial charge in [-0.25, -0.2) is 4.79 Å². The summed E-state index contributed by atoms with van der Waals surface area (Å²) in [5.74, 6) is -1.12. The predicted octanol–water partition coefficient (Wildman–Crippen LogP) is 0.743. The fourth-order valence-corrected chi connectivity index (χ4v) is 1.75. The Labute approximate surface area is 117 Å². The van der Waals surface area contributed by atoms with Crippen LogP contribution in [0.25, 0.3) is 0 Å². The van der Waals surface area contributed by atoms with Gasteiger partial charge in [-0.3, -0.25) is 4.79 Å². The molecule has 1 aliphatic rings. The summed E-state index contributed by atoms with van der Waals surface area (Å²) in [5.41, 5.74) is 0.986. The third kappa shape index (κ3) is 4.99. The summed E-state index contributed by atoms with van der Waals surface area (Å²) in [6.07, 6.45) is 4.93. The molecule has 0 fully saturated rings. The minimum Gasteiger partial charge on any atom is -0.479 e. The lowest BCUT2D eigenvalue weighted by Gasteiger charge is -2.19. The maximum atomic E-state index is 11.3. The number of allylic oxidation sites excluding steroid dienone is 3. The van der Waals surface area contributed by atoms with Crippen LogP contribution in [-0.4, -0.2) is 40.9 Å². The number of nitrogens with one attached hydrogen (secondary N) is 1.